The molecule has 0 amide bonds. The van der Waals surface area contributed by atoms with Crippen molar-refractivity contribution in [3.63, 3.8) is 0 Å². The summed E-state index contributed by atoms with van der Waals surface area (Å²) in [5, 5.41) is 3.68. The molecule has 2 heteroatoms. The van der Waals surface area contributed by atoms with E-state index in [0.717, 1.165) is 43.6 Å². The third kappa shape index (κ3) is 3.18. The van der Waals surface area contributed by atoms with Crippen molar-refractivity contribution in [2.45, 2.75) is 45.6 Å². The van der Waals surface area contributed by atoms with Crippen LogP contribution in [0.1, 0.15) is 39.5 Å². The van der Waals surface area contributed by atoms with Gasteiger partial charge in [-0.2, -0.15) is 0 Å². The van der Waals surface area contributed by atoms with Crippen molar-refractivity contribution in [3.8, 4) is 0 Å². The van der Waals surface area contributed by atoms with E-state index in [4.69, 9.17) is 4.74 Å². The minimum Gasteiger partial charge on any atom is -0.381 e. The highest BCUT2D eigenvalue weighted by Crippen LogP contribution is 2.43. The lowest BCUT2D eigenvalue weighted by atomic mass is 9.90. The van der Waals surface area contributed by atoms with Crippen LogP contribution in [0.25, 0.3) is 0 Å². The second kappa shape index (κ2) is 5.31. The van der Waals surface area contributed by atoms with Crippen LogP contribution in [-0.2, 0) is 4.74 Å². The Kier molecular flexibility index (Phi) is 4.04. The average molecular weight is 211 g/mol. The van der Waals surface area contributed by atoms with Gasteiger partial charge in [0.05, 0.1) is 0 Å². The van der Waals surface area contributed by atoms with E-state index in [0.29, 0.717) is 0 Å². The molecule has 0 bridgehead atoms. The van der Waals surface area contributed by atoms with E-state index in [9.17, 15) is 0 Å². The van der Waals surface area contributed by atoms with Gasteiger partial charge < -0.3 is 10.1 Å². The van der Waals surface area contributed by atoms with Crippen LogP contribution in [0.2, 0.25) is 0 Å². The van der Waals surface area contributed by atoms with Gasteiger partial charge in [0.15, 0.2) is 0 Å². The van der Waals surface area contributed by atoms with Gasteiger partial charge in [-0.05, 0) is 50.0 Å². The molecule has 1 heterocycles. The smallest absolute Gasteiger partial charge is 0.0468 e. The van der Waals surface area contributed by atoms with E-state index in [1.807, 2.05) is 0 Å². The van der Waals surface area contributed by atoms with Crippen LogP contribution in [0.4, 0.5) is 0 Å². The third-order valence-corrected chi connectivity index (χ3v) is 4.08. The predicted molar refractivity (Wildman–Crippen MR) is 62.9 cm³/mol. The fourth-order valence-corrected chi connectivity index (χ4v) is 2.92. The lowest BCUT2D eigenvalue weighted by Gasteiger charge is -2.27. The molecule has 2 nitrogen and oxygen atoms in total. The molecule has 3 unspecified atom stereocenters. The third-order valence-electron chi connectivity index (χ3n) is 4.08. The standard InChI is InChI=1S/C13H25NO/c1-3-14-13(12-8-10(12)2)9-11-4-6-15-7-5-11/h10-14H,3-9H2,1-2H3. The van der Waals surface area contributed by atoms with Gasteiger partial charge in [0.1, 0.15) is 0 Å². The topological polar surface area (TPSA) is 21.3 Å². The van der Waals surface area contributed by atoms with E-state index in [1.54, 1.807) is 0 Å². The molecule has 0 aromatic carbocycles. The molecule has 2 aliphatic rings. The quantitative estimate of drug-likeness (QED) is 0.754. The van der Waals surface area contributed by atoms with Crippen LogP contribution >= 0.6 is 0 Å². The molecular formula is C13H25NO. The zero-order chi connectivity index (χ0) is 10.7. The van der Waals surface area contributed by atoms with E-state index in [1.165, 1.54) is 25.7 Å². The maximum absolute atomic E-state index is 5.42. The minimum absolute atomic E-state index is 0.785. The average Bonchev–Trinajstić information content (AvgIpc) is 2.97. The largest absolute Gasteiger partial charge is 0.381 e. The molecular weight excluding hydrogens is 186 g/mol. The van der Waals surface area contributed by atoms with E-state index in [2.05, 4.69) is 19.2 Å². The Morgan fingerprint density at radius 2 is 2.00 bits per heavy atom. The molecule has 15 heavy (non-hydrogen) atoms. The first-order valence-electron chi connectivity index (χ1n) is 6.62. The highest BCUT2D eigenvalue weighted by molar-refractivity contribution is 4.93. The number of hydrogen-bond donors (Lipinski definition) is 1. The molecule has 2 rings (SSSR count). The zero-order valence-electron chi connectivity index (χ0n) is 10.2. The molecule has 1 saturated carbocycles. The highest BCUT2D eigenvalue weighted by atomic mass is 16.5. The summed E-state index contributed by atoms with van der Waals surface area (Å²) in [5.74, 6) is 2.84. The van der Waals surface area contributed by atoms with Crippen molar-refractivity contribution < 1.29 is 4.74 Å². The maximum Gasteiger partial charge on any atom is 0.0468 e. The van der Waals surface area contributed by atoms with Gasteiger partial charge in [0, 0.05) is 19.3 Å². The van der Waals surface area contributed by atoms with Crippen molar-refractivity contribution in [2.75, 3.05) is 19.8 Å². The molecule has 1 aliphatic heterocycles. The molecule has 0 radical (unpaired) electrons. The van der Waals surface area contributed by atoms with Crippen molar-refractivity contribution >= 4 is 0 Å². The van der Waals surface area contributed by atoms with Crippen LogP contribution in [0, 0.1) is 17.8 Å². The van der Waals surface area contributed by atoms with E-state index >= 15 is 0 Å². The number of rotatable bonds is 5. The van der Waals surface area contributed by atoms with Gasteiger partial charge in [-0.1, -0.05) is 13.8 Å². The fraction of sp³-hybridized carbons (Fsp3) is 1.00. The number of nitrogens with one attached hydrogen (secondary N) is 1. The second-order valence-electron chi connectivity index (χ2n) is 5.33. The van der Waals surface area contributed by atoms with Crippen molar-refractivity contribution in [1.82, 2.24) is 5.32 Å². The lowest BCUT2D eigenvalue weighted by Crippen LogP contribution is -2.34. The molecule has 1 N–H and O–H groups in total. The Labute approximate surface area is 93.8 Å². The van der Waals surface area contributed by atoms with Crippen molar-refractivity contribution in [2.24, 2.45) is 17.8 Å². The summed E-state index contributed by atoms with van der Waals surface area (Å²) in [4.78, 5) is 0. The number of ether oxygens (including phenoxy) is 1. The first-order valence-corrected chi connectivity index (χ1v) is 6.62. The Balaban J connectivity index is 1.77. The second-order valence-corrected chi connectivity index (χ2v) is 5.33. The van der Waals surface area contributed by atoms with Gasteiger partial charge in [0.25, 0.3) is 0 Å². The normalized spacial score (nSPS) is 34.0. The zero-order valence-corrected chi connectivity index (χ0v) is 10.2. The van der Waals surface area contributed by atoms with Crippen LogP contribution in [0.15, 0.2) is 0 Å². The molecule has 1 aliphatic carbocycles. The van der Waals surface area contributed by atoms with Crippen LogP contribution in [-0.4, -0.2) is 25.8 Å². The summed E-state index contributed by atoms with van der Waals surface area (Å²) in [5.41, 5.74) is 0. The Hall–Kier alpha value is -0.0800. The van der Waals surface area contributed by atoms with E-state index < -0.39 is 0 Å². The molecule has 0 aromatic rings. The maximum atomic E-state index is 5.42. The number of hydrogen-bond acceptors (Lipinski definition) is 2. The molecule has 1 saturated heterocycles. The molecule has 3 atom stereocenters. The highest BCUT2D eigenvalue weighted by Gasteiger charge is 2.39. The van der Waals surface area contributed by atoms with Gasteiger partial charge in [-0.3, -0.25) is 0 Å². The summed E-state index contributed by atoms with van der Waals surface area (Å²) in [6, 6.07) is 0.785. The fourth-order valence-electron chi connectivity index (χ4n) is 2.92. The summed E-state index contributed by atoms with van der Waals surface area (Å²) in [6.07, 6.45) is 5.39. The van der Waals surface area contributed by atoms with Crippen LogP contribution in [0.3, 0.4) is 0 Å². The van der Waals surface area contributed by atoms with Gasteiger partial charge in [-0.25, -0.2) is 0 Å². The van der Waals surface area contributed by atoms with Crippen molar-refractivity contribution in [1.29, 1.82) is 0 Å². The summed E-state index contributed by atoms with van der Waals surface area (Å²) in [6.45, 7) is 7.72. The SMILES string of the molecule is CCNC(CC1CCOCC1)C1CC1C. The Bertz CT molecular complexity index is 189. The Morgan fingerprint density at radius 3 is 2.53 bits per heavy atom. The predicted octanol–water partition coefficient (Wildman–Crippen LogP) is 2.44. The van der Waals surface area contributed by atoms with Gasteiger partial charge in [-0.15, -0.1) is 0 Å². The van der Waals surface area contributed by atoms with Gasteiger partial charge in [0.2, 0.25) is 0 Å². The van der Waals surface area contributed by atoms with Gasteiger partial charge >= 0.3 is 0 Å². The van der Waals surface area contributed by atoms with E-state index in [-0.39, 0.29) is 0 Å². The molecule has 0 spiro atoms. The lowest BCUT2D eigenvalue weighted by molar-refractivity contribution is 0.0595. The molecule has 0 aromatic heterocycles. The monoisotopic (exact) mass is 211 g/mol. The Morgan fingerprint density at radius 1 is 1.33 bits per heavy atom. The summed E-state index contributed by atoms with van der Waals surface area (Å²) >= 11 is 0. The minimum atomic E-state index is 0.785. The summed E-state index contributed by atoms with van der Waals surface area (Å²) in [7, 11) is 0. The first kappa shape index (κ1) is 11.4. The van der Waals surface area contributed by atoms with Crippen LogP contribution in [0.5, 0.6) is 0 Å². The summed E-state index contributed by atoms with van der Waals surface area (Å²) < 4.78 is 5.42. The molecule has 2 fully saturated rings. The molecule has 88 valence electrons. The first-order chi connectivity index (χ1) is 7.31. The van der Waals surface area contributed by atoms with Crippen molar-refractivity contribution in [3.05, 3.63) is 0 Å². The van der Waals surface area contributed by atoms with Crippen LogP contribution < -0.4 is 5.32 Å².